The molecule has 1 fully saturated rings. The molecule has 0 aliphatic carbocycles. The number of rotatable bonds is 5. The van der Waals surface area contributed by atoms with E-state index in [-0.39, 0.29) is 6.03 Å². The number of amides is 2. The Hall–Kier alpha value is -3.82. The molecule has 3 aromatic rings. The minimum absolute atomic E-state index is 0.148. The molecule has 0 radical (unpaired) electrons. The number of anilines is 2. The van der Waals surface area contributed by atoms with Gasteiger partial charge in [0, 0.05) is 49.7 Å². The van der Waals surface area contributed by atoms with E-state index < -0.39 is 0 Å². The minimum atomic E-state index is -0.148. The molecule has 168 valence electrons. The van der Waals surface area contributed by atoms with Crippen molar-refractivity contribution in [1.29, 1.82) is 0 Å². The molecular weight excluding hydrogens is 410 g/mol. The van der Waals surface area contributed by atoms with Gasteiger partial charge in [0.15, 0.2) is 11.5 Å². The van der Waals surface area contributed by atoms with Crippen molar-refractivity contribution in [3.63, 3.8) is 0 Å². The number of benzene rings is 1. The van der Waals surface area contributed by atoms with Gasteiger partial charge >= 0.3 is 6.03 Å². The third kappa shape index (κ3) is 4.29. The molecule has 1 saturated heterocycles. The number of carbonyl (C=O) groups is 1. The number of hydrogen-bond acceptors (Lipinski definition) is 7. The zero-order chi connectivity index (χ0) is 22.7. The average Bonchev–Trinajstić information content (AvgIpc) is 3.17. The summed E-state index contributed by atoms with van der Waals surface area (Å²) in [6.45, 7) is 6.51. The van der Waals surface area contributed by atoms with Gasteiger partial charge in [-0.15, -0.1) is 0 Å². The normalized spacial score (nSPS) is 13.8. The number of imidazole rings is 1. The molecule has 0 unspecified atom stereocenters. The number of hydrogen-bond donors (Lipinski definition) is 1. The second kappa shape index (κ2) is 9.13. The Morgan fingerprint density at radius 1 is 0.938 bits per heavy atom. The molecule has 2 amide bonds. The van der Waals surface area contributed by atoms with Crippen LogP contribution in [0.5, 0.6) is 11.5 Å². The SMILES string of the molecule is COc1ccc(NC(=O)N2CCN(c3cc(-n4cnc(C)c4C)ncn3)CC2)cc1OC. The lowest BCUT2D eigenvalue weighted by Crippen LogP contribution is -2.50. The lowest BCUT2D eigenvalue weighted by Gasteiger charge is -2.35. The van der Waals surface area contributed by atoms with Gasteiger partial charge in [-0.2, -0.15) is 0 Å². The fourth-order valence-corrected chi connectivity index (χ4v) is 3.63. The average molecular weight is 438 g/mol. The molecule has 10 heteroatoms. The summed E-state index contributed by atoms with van der Waals surface area (Å²) in [7, 11) is 3.14. The highest BCUT2D eigenvalue weighted by Gasteiger charge is 2.23. The van der Waals surface area contributed by atoms with Crippen molar-refractivity contribution >= 4 is 17.5 Å². The lowest BCUT2D eigenvalue weighted by atomic mass is 10.2. The smallest absolute Gasteiger partial charge is 0.321 e. The predicted molar refractivity (Wildman–Crippen MR) is 121 cm³/mol. The number of nitrogens with one attached hydrogen (secondary N) is 1. The van der Waals surface area contributed by atoms with Crippen molar-refractivity contribution < 1.29 is 14.3 Å². The van der Waals surface area contributed by atoms with Gasteiger partial charge in [0.1, 0.15) is 24.3 Å². The highest BCUT2D eigenvalue weighted by atomic mass is 16.5. The second-order valence-electron chi connectivity index (χ2n) is 7.49. The van der Waals surface area contributed by atoms with Crippen LogP contribution in [0, 0.1) is 13.8 Å². The number of nitrogens with zero attached hydrogens (tertiary/aromatic N) is 6. The maximum Gasteiger partial charge on any atom is 0.321 e. The molecular formula is C22H27N7O3. The number of piperazine rings is 1. The van der Waals surface area contributed by atoms with Crippen LogP contribution in [-0.2, 0) is 0 Å². The summed E-state index contributed by atoms with van der Waals surface area (Å²) in [6, 6.07) is 7.10. The van der Waals surface area contributed by atoms with E-state index in [1.165, 1.54) is 0 Å². The van der Waals surface area contributed by atoms with Crippen molar-refractivity contribution in [1.82, 2.24) is 24.4 Å². The number of urea groups is 1. The molecule has 0 saturated carbocycles. The zero-order valence-corrected chi connectivity index (χ0v) is 18.7. The Balaban J connectivity index is 1.39. The molecule has 2 aromatic heterocycles. The Morgan fingerprint density at radius 2 is 1.66 bits per heavy atom. The standard InChI is InChI=1S/C22H27N7O3/c1-15-16(2)29(14-25-15)21-12-20(23-13-24-21)27-7-9-28(10-8-27)22(30)26-17-5-6-18(31-3)19(11-17)32-4/h5-6,11-14H,7-10H2,1-4H3,(H,26,30). The van der Waals surface area contributed by atoms with Crippen LogP contribution in [0.3, 0.4) is 0 Å². The summed E-state index contributed by atoms with van der Waals surface area (Å²) in [4.78, 5) is 29.8. The lowest BCUT2D eigenvalue weighted by molar-refractivity contribution is 0.208. The van der Waals surface area contributed by atoms with Crippen LogP contribution in [0.25, 0.3) is 5.82 Å². The fourth-order valence-electron chi connectivity index (χ4n) is 3.63. The number of methoxy groups -OCH3 is 2. The van der Waals surface area contributed by atoms with Crippen LogP contribution >= 0.6 is 0 Å². The van der Waals surface area contributed by atoms with Crippen molar-refractivity contribution in [3.8, 4) is 17.3 Å². The van der Waals surface area contributed by atoms with Gasteiger partial charge in [-0.05, 0) is 26.0 Å². The Kier molecular flexibility index (Phi) is 6.11. The van der Waals surface area contributed by atoms with Crippen LogP contribution in [0.2, 0.25) is 0 Å². The van der Waals surface area contributed by atoms with Crippen LogP contribution < -0.4 is 19.7 Å². The summed E-state index contributed by atoms with van der Waals surface area (Å²) in [6.07, 6.45) is 3.34. The van der Waals surface area contributed by atoms with Gasteiger partial charge in [0.25, 0.3) is 0 Å². The number of carbonyl (C=O) groups excluding carboxylic acids is 1. The summed E-state index contributed by atoms with van der Waals surface area (Å²) in [5.41, 5.74) is 2.67. The minimum Gasteiger partial charge on any atom is -0.493 e. The van der Waals surface area contributed by atoms with E-state index in [0.717, 1.165) is 23.0 Å². The summed E-state index contributed by atoms with van der Waals surface area (Å²) < 4.78 is 12.5. The van der Waals surface area contributed by atoms with E-state index >= 15 is 0 Å². The molecule has 1 aliphatic heterocycles. The Morgan fingerprint density at radius 3 is 2.31 bits per heavy atom. The molecule has 3 heterocycles. The van der Waals surface area contributed by atoms with Crippen LogP contribution in [0.1, 0.15) is 11.4 Å². The van der Waals surface area contributed by atoms with Crippen molar-refractivity contribution in [2.75, 3.05) is 50.6 Å². The van der Waals surface area contributed by atoms with Gasteiger partial charge in [0.2, 0.25) is 0 Å². The van der Waals surface area contributed by atoms with Crippen LogP contribution in [-0.4, -0.2) is 70.8 Å². The van der Waals surface area contributed by atoms with E-state index in [1.54, 1.807) is 50.0 Å². The highest BCUT2D eigenvalue weighted by molar-refractivity contribution is 5.90. The van der Waals surface area contributed by atoms with Gasteiger partial charge < -0.3 is 24.6 Å². The maximum absolute atomic E-state index is 12.7. The van der Waals surface area contributed by atoms with E-state index in [9.17, 15) is 4.79 Å². The van der Waals surface area contributed by atoms with Crippen molar-refractivity contribution in [3.05, 3.63) is 48.3 Å². The molecule has 10 nitrogen and oxygen atoms in total. The van der Waals surface area contributed by atoms with E-state index in [0.29, 0.717) is 43.4 Å². The topological polar surface area (TPSA) is 97.6 Å². The number of aryl methyl sites for hydroxylation is 1. The molecule has 1 aromatic carbocycles. The summed E-state index contributed by atoms with van der Waals surface area (Å²) in [5, 5.41) is 2.93. The highest BCUT2D eigenvalue weighted by Crippen LogP contribution is 2.30. The maximum atomic E-state index is 12.7. The predicted octanol–water partition coefficient (Wildman–Crippen LogP) is 2.65. The van der Waals surface area contributed by atoms with Gasteiger partial charge in [0.05, 0.1) is 19.9 Å². The first-order valence-corrected chi connectivity index (χ1v) is 10.4. The molecule has 0 spiro atoms. The quantitative estimate of drug-likeness (QED) is 0.655. The monoisotopic (exact) mass is 437 g/mol. The van der Waals surface area contributed by atoms with Crippen molar-refractivity contribution in [2.45, 2.75) is 13.8 Å². The molecule has 32 heavy (non-hydrogen) atoms. The fraction of sp³-hybridized carbons (Fsp3) is 0.364. The molecule has 1 aliphatic rings. The molecule has 0 bridgehead atoms. The van der Waals surface area contributed by atoms with E-state index in [1.807, 2.05) is 24.5 Å². The summed E-state index contributed by atoms with van der Waals surface area (Å²) in [5.74, 6) is 2.80. The number of ether oxygens (including phenoxy) is 2. The third-order valence-corrected chi connectivity index (χ3v) is 5.66. The zero-order valence-electron chi connectivity index (χ0n) is 18.7. The third-order valence-electron chi connectivity index (χ3n) is 5.66. The Bertz CT molecular complexity index is 1110. The first-order valence-electron chi connectivity index (χ1n) is 10.4. The Labute approximate surface area is 186 Å². The van der Waals surface area contributed by atoms with Gasteiger partial charge in [-0.25, -0.2) is 19.7 Å². The molecule has 1 N–H and O–H groups in total. The van der Waals surface area contributed by atoms with Gasteiger partial charge in [-0.3, -0.25) is 4.57 Å². The van der Waals surface area contributed by atoms with Gasteiger partial charge in [-0.1, -0.05) is 0 Å². The number of aromatic nitrogens is 4. The second-order valence-corrected chi connectivity index (χ2v) is 7.49. The first-order chi connectivity index (χ1) is 15.5. The van der Waals surface area contributed by atoms with Crippen LogP contribution in [0.15, 0.2) is 36.9 Å². The largest absolute Gasteiger partial charge is 0.493 e. The van der Waals surface area contributed by atoms with E-state index in [4.69, 9.17) is 9.47 Å². The van der Waals surface area contributed by atoms with Crippen molar-refractivity contribution in [2.24, 2.45) is 0 Å². The first kappa shape index (κ1) is 21.4. The molecule has 0 atom stereocenters. The summed E-state index contributed by atoms with van der Waals surface area (Å²) >= 11 is 0. The molecule has 4 rings (SSSR count). The van der Waals surface area contributed by atoms with Crippen LogP contribution in [0.4, 0.5) is 16.3 Å². The van der Waals surface area contributed by atoms with E-state index in [2.05, 4.69) is 25.2 Å².